The van der Waals surface area contributed by atoms with E-state index in [4.69, 9.17) is 10.1 Å². The number of nitrogens with one attached hydrogen (secondary N) is 3. The minimum Gasteiger partial charge on any atom is -0.444 e. The predicted octanol–water partition coefficient (Wildman–Crippen LogP) is 2.19. The van der Waals surface area contributed by atoms with Gasteiger partial charge in [-0.25, -0.2) is 4.79 Å². The summed E-state index contributed by atoms with van der Waals surface area (Å²) >= 11 is 0. The van der Waals surface area contributed by atoms with E-state index in [9.17, 15) is 9.59 Å². The van der Waals surface area contributed by atoms with Gasteiger partial charge >= 0.3 is 6.09 Å². The summed E-state index contributed by atoms with van der Waals surface area (Å²) < 4.78 is 5.06. The van der Waals surface area contributed by atoms with Gasteiger partial charge in [-0.2, -0.15) is 0 Å². The van der Waals surface area contributed by atoms with Gasteiger partial charge in [-0.1, -0.05) is 18.7 Å². The highest BCUT2D eigenvalue weighted by Crippen LogP contribution is 2.06. The second-order valence-electron chi connectivity index (χ2n) is 5.90. The van der Waals surface area contributed by atoms with Gasteiger partial charge in [0, 0.05) is 6.21 Å². The fraction of sp³-hybridized carbons (Fsp3) is 0.500. The molecule has 0 bridgehead atoms. The number of carbonyl (C=O) groups excluding carboxylic acids is 2. The minimum atomic E-state index is -0.824. The zero-order valence-electron chi connectivity index (χ0n) is 14.3. The molecule has 0 aromatic carbocycles. The molecule has 0 heterocycles. The zero-order valence-corrected chi connectivity index (χ0v) is 14.3. The number of alkyl carbamates (subject to hydrolysis) is 1. The van der Waals surface area contributed by atoms with Crippen molar-refractivity contribution in [3.63, 3.8) is 0 Å². The Bertz CT molecular complexity index is 504. The lowest BCUT2D eigenvalue weighted by Gasteiger charge is -2.21. The first-order valence-corrected chi connectivity index (χ1v) is 7.26. The monoisotopic (exact) mass is 322 g/mol. The standard InChI is InChI=1S/C16H26N4O3/c1-7-10-18-11(2)8-9-13(17)20-14(21)12(3)19-15(22)23-16(4,5)6/h7-12H,1H2,2-6H3,(H,19,22)(H2,17,20,21)/b9-8-,18-10?. The lowest BCUT2D eigenvalue weighted by atomic mass is 10.2. The minimum absolute atomic E-state index is 0.0894. The molecule has 0 aliphatic carbocycles. The van der Waals surface area contributed by atoms with Crippen LogP contribution in [0.3, 0.4) is 0 Å². The average Bonchev–Trinajstić information content (AvgIpc) is 2.40. The van der Waals surface area contributed by atoms with Crippen molar-refractivity contribution < 1.29 is 14.3 Å². The van der Waals surface area contributed by atoms with E-state index in [0.717, 1.165) is 0 Å². The summed E-state index contributed by atoms with van der Waals surface area (Å²) in [6.07, 6.45) is 5.53. The van der Waals surface area contributed by atoms with Gasteiger partial charge in [-0.05, 0) is 40.7 Å². The van der Waals surface area contributed by atoms with Crippen molar-refractivity contribution in [1.82, 2.24) is 10.6 Å². The molecular formula is C16H26N4O3. The smallest absolute Gasteiger partial charge is 0.408 e. The Labute approximate surface area is 137 Å². The zero-order chi connectivity index (χ0) is 18.0. The lowest BCUT2D eigenvalue weighted by molar-refractivity contribution is -0.121. The molecule has 0 aromatic rings. The van der Waals surface area contributed by atoms with E-state index in [1.165, 1.54) is 13.0 Å². The van der Waals surface area contributed by atoms with Gasteiger partial charge in [0.15, 0.2) is 0 Å². The lowest BCUT2D eigenvalue weighted by Crippen LogP contribution is -2.47. The van der Waals surface area contributed by atoms with Crippen molar-refractivity contribution in [2.24, 2.45) is 4.99 Å². The van der Waals surface area contributed by atoms with Gasteiger partial charge in [0.2, 0.25) is 5.91 Å². The molecule has 0 aliphatic heterocycles. The highest BCUT2D eigenvalue weighted by molar-refractivity contribution is 6.04. The molecule has 0 fully saturated rings. The van der Waals surface area contributed by atoms with Crippen molar-refractivity contribution in [3.05, 3.63) is 24.8 Å². The Morgan fingerprint density at radius 3 is 2.43 bits per heavy atom. The Morgan fingerprint density at radius 2 is 1.91 bits per heavy atom. The highest BCUT2D eigenvalue weighted by atomic mass is 16.6. The number of amidine groups is 1. The van der Waals surface area contributed by atoms with Crippen LogP contribution in [0.1, 0.15) is 34.6 Å². The molecule has 0 radical (unpaired) electrons. The maximum atomic E-state index is 11.9. The van der Waals surface area contributed by atoms with Gasteiger partial charge in [0.1, 0.15) is 17.5 Å². The third-order valence-corrected chi connectivity index (χ3v) is 2.35. The molecule has 128 valence electrons. The largest absolute Gasteiger partial charge is 0.444 e. The summed E-state index contributed by atoms with van der Waals surface area (Å²) in [7, 11) is 0. The number of amides is 2. The molecule has 23 heavy (non-hydrogen) atoms. The van der Waals surface area contributed by atoms with Crippen LogP contribution in [-0.4, -0.2) is 41.7 Å². The summed E-state index contributed by atoms with van der Waals surface area (Å²) in [5, 5.41) is 12.5. The second-order valence-corrected chi connectivity index (χ2v) is 5.90. The number of carbonyl (C=O) groups is 2. The number of ether oxygens (including phenoxy) is 1. The maximum Gasteiger partial charge on any atom is 0.408 e. The van der Waals surface area contributed by atoms with Crippen LogP contribution in [0.25, 0.3) is 0 Å². The van der Waals surface area contributed by atoms with Crippen LogP contribution >= 0.6 is 0 Å². The van der Waals surface area contributed by atoms with Crippen LogP contribution in [0.15, 0.2) is 29.8 Å². The maximum absolute atomic E-state index is 11.9. The normalized spacial score (nSPS) is 14.3. The fourth-order valence-electron chi connectivity index (χ4n) is 1.31. The Kier molecular flexibility index (Phi) is 8.54. The molecule has 2 amide bonds. The van der Waals surface area contributed by atoms with Crippen molar-refractivity contribution in [2.75, 3.05) is 0 Å². The summed E-state index contributed by atoms with van der Waals surface area (Å²) in [5.74, 6) is -0.596. The first-order valence-electron chi connectivity index (χ1n) is 7.26. The Balaban J connectivity index is 4.38. The van der Waals surface area contributed by atoms with E-state index < -0.39 is 23.6 Å². The molecule has 0 saturated carbocycles. The van der Waals surface area contributed by atoms with Gasteiger partial charge in [0.05, 0.1) is 6.04 Å². The molecule has 0 saturated heterocycles. The van der Waals surface area contributed by atoms with E-state index in [2.05, 4.69) is 22.2 Å². The van der Waals surface area contributed by atoms with Crippen LogP contribution < -0.4 is 10.6 Å². The van der Waals surface area contributed by atoms with Crippen LogP contribution in [0.4, 0.5) is 4.79 Å². The van der Waals surface area contributed by atoms with E-state index in [0.29, 0.717) is 0 Å². The third kappa shape index (κ3) is 10.9. The number of hydrogen-bond donors (Lipinski definition) is 3. The van der Waals surface area contributed by atoms with Gasteiger partial charge < -0.3 is 15.4 Å². The van der Waals surface area contributed by atoms with Crippen molar-refractivity contribution >= 4 is 24.1 Å². The SMILES string of the molecule is C=CC=NC(C)/C=C\C(=N)NC(=O)C(C)NC(=O)OC(C)(C)C. The fourth-order valence-corrected chi connectivity index (χ4v) is 1.31. The molecule has 0 rings (SSSR count). The number of nitrogens with zero attached hydrogens (tertiary/aromatic N) is 1. The summed E-state index contributed by atoms with van der Waals surface area (Å²) in [4.78, 5) is 27.5. The summed E-state index contributed by atoms with van der Waals surface area (Å²) in [5.41, 5.74) is -0.641. The van der Waals surface area contributed by atoms with E-state index >= 15 is 0 Å². The van der Waals surface area contributed by atoms with Crippen molar-refractivity contribution in [2.45, 2.75) is 52.3 Å². The number of hydrogen-bond acceptors (Lipinski definition) is 5. The van der Waals surface area contributed by atoms with Crippen LogP contribution in [-0.2, 0) is 9.53 Å². The van der Waals surface area contributed by atoms with Gasteiger partial charge in [-0.15, -0.1) is 0 Å². The molecular weight excluding hydrogens is 296 g/mol. The third-order valence-electron chi connectivity index (χ3n) is 2.35. The predicted molar refractivity (Wildman–Crippen MR) is 92.0 cm³/mol. The van der Waals surface area contributed by atoms with Crippen molar-refractivity contribution in [1.29, 1.82) is 5.41 Å². The molecule has 7 heteroatoms. The van der Waals surface area contributed by atoms with E-state index in [-0.39, 0.29) is 11.9 Å². The highest BCUT2D eigenvalue weighted by Gasteiger charge is 2.21. The molecule has 0 aromatic heterocycles. The second kappa shape index (κ2) is 9.55. The topological polar surface area (TPSA) is 104 Å². The number of aliphatic imine (C=N–C) groups is 1. The molecule has 2 atom stereocenters. The number of allylic oxidation sites excluding steroid dienone is 1. The van der Waals surface area contributed by atoms with Crippen LogP contribution in [0.2, 0.25) is 0 Å². The molecule has 7 nitrogen and oxygen atoms in total. The Morgan fingerprint density at radius 1 is 1.30 bits per heavy atom. The molecule has 3 N–H and O–H groups in total. The molecule has 0 spiro atoms. The first-order chi connectivity index (χ1) is 10.5. The van der Waals surface area contributed by atoms with Gasteiger partial charge in [0.25, 0.3) is 0 Å². The van der Waals surface area contributed by atoms with Crippen LogP contribution in [0.5, 0.6) is 0 Å². The average molecular weight is 322 g/mol. The summed E-state index contributed by atoms with van der Waals surface area (Å²) in [6.45, 7) is 12.0. The van der Waals surface area contributed by atoms with E-state index in [1.54, 1.807) is 39.1 Å². The number of rotatable bonds is 6. The van der Waals surface area contributed by atoms with Gasteiger partial charge in [-0.3, -0.25) is 15.2 Å². The summed E-state index contributed by atoms with van der Waals surface area (Å²) in [6, 6.07) is -0.961. The quantitative estimate of drug-likeness (QED) is 0.516. The van der Waals surface area contributed by atoms with E-state index in [1.807, 2.05) is 6.92 Å². The molecule has 2 unspecified atom stereocenters. The first kappa shape index (κ1) is 20.6. The van der Waals surface area contributed by atoms with Crippen molar-refractivity contribution in [3.8, 4) is 0 Å². The van der Waals surface area contributed by atoms with Crippen LogP contribution in [0, 0.1) is 5.41 Å². The molecule has 0 aliphatic rings. The Hall–Kier alpha value is -2.44.